The SMILES string of the molecule is CCNCC1CCCCN1S(=O)(=O)NCC1CCCO1. The fourth-order valence-electron chi connectivity index (χ4n) is 2.89. The van der Waals surface area contributed by atoms with Crippen LogP contribution in [0.4, 0.5) is 0 Å². The van der Waals surface area contributed by atoms with E-state index in [1.807, 2.05) is 6.92 Å². The molecule has 2 saturated heterocycles. The molecule has 0 aliphatic carbocycles. The topological polar surface area (TPSA) is 70.7 Å². The van der Waals surface area contributed by atoms with Crippen LogP contribution in [0.15, 0.2) is 0 Å². The third-order valence-electron chi connectivity index (χ3n) is 4.03. The first-order chi connectivity index (χ1) is 9.63. The maximum Gasteiger partial charge on any atom is 0.279 e. The van der Waals surface area contributed by atoms with E-state index in [0.717, 1.165) is 51.8 Å². The van der Waals surface area contributed by atoms with Crippen molar-refractivity contribution >= 4 is 10.2 Å². The van der Waals surface area contributed by atoms with Crippen LogP contribution in [0.5, 0.6) is 0 Å². The van der Waals surface area contributed by atoms with Crippen molar-refractivity contribution in [2.75, 3.05) is 32.8 Å². The van der Waals surface area contributed by atoms with E-state index in [9.17, 15) is 8.42 Å². The number of rotatable bonds is 7. The van der Waals surface area contributed by atoms with Crippen LogP contribution in [0.3, 0.4) is 0 Å². The van der Waals surface area contributed by atoms with Gasteiger partial charge in [-0.1, -0.05) is 13.3 Å². The largest absolute Gasteiger partial charge is 0.377 e. The molecule has 6 nitrogen and oxygen atoms in total. The molecule has 0 saturated carbocycles. The van der Waals surface area contributed by atoms with Crippen LogP contribution in [0.2, 0.25) is 0 Å². The highest BCUT2D eigenvalue weighted by Gasteiger charge is 2.32. The van der Waals surface area contributed by atoms with Gasteiger partial charge in [-0.25, -0.2) is 0 Å². The van der Waals surface area contributed by atoms with Crippen molar-refractivity contribution in [3.05, 3.63) is 0 Å². The van der Waals surface area contributed by atoms with E-state index in [1.54, 1.807) is 4.31 Å². The van der Waals surface area contributed by atoms with Gasteiger partial charge < -0.3 is 10.1 Å². The van der Waals surface area contributed by atoms with Crippen molar-refractivity contribution in [3.63, 3.8) is 0 Å². The quantitative estimate of drug-likeness (QED) is 0.717. The van der Waals surface area contributed by atoms with Gasteiger partial charge in [-0.2, -0.15) is 17.4 Å². The molecule has 2 aliphatic rings. The molecule has 118 valence electrons. The first-order valence-electron chi connectivity index (χ1n) is 7.72. The molecule has 0 aromatic carbocycles. The second-order valence-electron chi connectivity index (χ2n) is 5.56. The molecule has 2 unspecified atom stereocenters. The molecular weight excluding hydrogens is 278 g/mol. The summed E-state index contributed by atoms with van der Waals surface area (Å²) in [7, 11) is -3.39. The van der Waals surface area contributed by atoms with E-state index in [2.05, 4.69) is 10.0 Å². The zero-order valence-electron chi connectivity index (χ0n) is 12.3. The Kier molecular flexibility index (Phi) is 6.22. The number of likely N-dealkylation sites (N-methyl/N-ethyl adjacent to an activating group) is 1. The summed E-state index contributed by atoms with van der Waals surface area (Å²) in [5.41, 5.74) is 0. The molecule has 2 fully saturated rings. The smallest absolute Gasteiger partial charge is 0.279 e. The minimum Gasteiger partial charge on any atom is -0.377 e. The van der Waals surface area contributed by atoms with Crippen molar-refractivity contribution in [3.8, 4) is 0 Å². The van der Waals surface area contributed by atoms with Crippen LogP contribution in [-0.2, 0) is 14.9 Å². The molecular formula is C13H27N3O3S. The molecule has 0 bridgehead atoms. The van der Waals surface area contributed by atoms with Gasteiger partial charge in [0.15, 0.2) is 0 Å². The lowest BCUT2D eigenvalue weighted by Gasteiger charge is -2.35. The van der Waals surface area contributed by atoms with E-state index in [-0.39, 0.29) is 12.1 Å². The van der Waals surface area contributed by atoms with Crippen molar-refractivity contribution in [2.45, 2.75) is 51.2 Å². The lowest BCUT2D eigenvalue weighted by Crippen LogP contribution is -2.53. The predicted octanol–water partition coefficient (Wildman–Crippen LogP) is 0.464. The van der Waals surface area contributed by atoms with E-state index in [1.165, 1.54) is 0 Å². The molecule has 7 heteroatoms. The zero-order valence-corrected chi connectivity index (χ0v) is 13.1. The summed E-state index contributed by atoms with van der Waals surface area (Å²) in [5.74, 6) is 0. The lowest BCUT2D eigenvalue weighted by molar-refractivity contribution is 0.113. The Morgan fingerprint density at radius 2 is 2.05 bits per heavy atom. The third-order valence-corrected chi connectivity index (χ3v) is 5.66. The number of piperidine rings is 1. The average Bonchev–Trinajstić information content (AvgIpc) is 2.97. The molecule has 2 aliphatic heterocycles. The minimum atomic E-state index is -3.39. The molecule has 0 amide bonds. The maximum atomic E-state index is 12.4. The molecule has 2 atom stereocenters. The van der Waals surface area contributed by atoms with Gasteiger partial charge in [0, 0.05) is 32.3 Å². The van der Waals surface area contributed by atoms with Crippen LogP contribution in [0, 0.1) is 0 Å². The molecule has 2 rings (SSSR count). The Hall–Kier alpha value is -0.210. The Bertz CT molecular complexity index is 382. The highest BCUT2D eigenvalue weighted by Crippen LogP contribution is 2.20. The molecule has 2 N–H and O–H groups in total. The van der Waals surface area contributed by atoms with Crippen molar-refractivity contribution in [1.82, 2.24) is 14.3 Å². The first kappa shape index (κ1) is 16.2. The number of hydrogen-bond acceptors (Lipinski definition) is 4. The Labute approximate surface area is 122 Å². The predicted molar refractivity (Wildman–Crippen MR) is 78.8 cm³/mol. The van der Waals surface area contributed by atoms with Crippen molar-refractivity contribution in [1.29, 1.82) is 0 Å². The van der Waals surface area contributed by atoms with Crippen molar-refractivity contribution in [2.24, 2.45) is 0 Å². The van der Waals surface area contributed by atoms with Crippen LogP contribution in [0.25, 0.3) is 0 Å². The normalized spacial score (nSPS) is 28.9. The van der Waals surface area contributed by atoms with Crippen molar-refractivity contribution < 1.29 is 13.2 Å². The van der Waals surface area contributed by atoms with E-state index >= 15 is 0 Å². The Morgan fingerprint density at radius 3 is 2.75 bits per heavy atom. The number of nitrogens with zero attached hydrogens (tertiary/aromatic N) is 1. The van der Waals surface area contributed by atoms with Gasteiger partial charge in [-0.3, -0.25) is 0 Å². The van der Waals surface area contributed by atoms with Gasteiger partial charge in [0.25, 0.3) is 10.2 Å². The second kappa shape index (κ2) is 7.70. The van der Waals surface area contributed by atoms with Gasteiger partial charge >= 0.3 is 0 Å². The summed E-state index contributed by atoms with van der Waals surface area (Å²) in [4.78, 5) is 0. The summed E-state index contributed by atoms with van der Waals surface area (Å²) >= 11 is 0. The number of hydrogen-bond donors (Lipinski definition) is 2. The van der Waals surface area contributed by atoms with Gasteiger partial charge in [0.05, 0.1) is 6.10 Å². The zero-order chi connectivity index (χ0) is 14.4. The summed E-state index contributed by atoms with van der Waals surface area (Å²) in [6, 6.07) is 0.0747. The third kappa shape index (κ3) is 4.39. The second-order valence-corrected chi connectivity index (χ2v) is 7.26. The summed E-state index contributed by atoms with van der Waals surface area (Å²) in [5, 5.41) is 3.26. The van der Waals surface area contributed by atoms with Crippen LogP contribution in [-0.4, -0.2) is 57.7 Å². The molecule has 0 aromatic rings. The molecule has 20 heavy (non-hydrogen) atoms. The number of ether oxygens (including phenoxy) is 1. The molecule has 0 aromatic heterocycles. The fourth-order valence-corrected chi connectivity index (χ4v) is 4.40. The summed E-state index contributed by atoms with van der Waals surface area (Å²) in [6.45, 7) is 5.41. The number of nitrogens with one attached hydrogen (secondary N) is 2. The molecule has 2 heterocycles. The molecule has 0 radical (unpaired) electrons. The van der Waals surface area contributed by atoms with Crippen LogP contribution in [0.1, 0.15) is 39.0 Å². The van der Waals surface area contributed by atoms with Gasteiger partial charge in [0.1, 0.15) is 0 Å². The Balaban J connectivity index is 1.90. The van der Waals surface area contributed by atoms with Gasteiger partial charge in [-0.05, 0) is 32.2 Å². The van der Waals surface area contributed by atoms with Gasteiger partial charge in [-0.15, -0.1) is 0 Å². The van der Waals surface area contributed by atoms with Crippen LogP contribution >= 0.6 is 0 Å². The lowest BCUT2D eigenvalue weighted by atomic mass is 10.1. The monoisotopic (exact) mass is 305 g/mol. The van der Waals surface area contributed by atoms with E-state index in [4.69, 9.17) is 4.74 Å². The Morgan fingerprint density at radius 1 is 1.20 bits per heavy atom. The van der Waals surface area contributed by atoms with Gasteiger partial charge in [0.2, 0.25) is 0 Å². The van der Waals surface area contributed by atoms with E-state index < -0.39 is 10.2 Å². The average molecular weight is 305 g/mol. The summed E-state index contributed by atoms with van der Waals surface area (Å²) in [6.07, 6.45) is 5.01. The van der Waals surface area contributed by atoms with Crippen LogP contribution < -0.4 is 10.0 Å². The highest BCUT2D eigenvalue weighted by atomic mass is 32.2. The van der Waals surface area contributed by atoms with E-state index in [0.29, 0.717) is 13.1 Å². The highest BCUT2D eigenvalue weighted by molar-refractivity contribution is 7.87. The maximum absolute atomic E-state index is 12.4. The first-order valence-corrected chi connectivity index (χ1v) is 9.16. The molecule has 0 spiro atoms. The fraction of sp³-hybridized carbons (Fsp3) is 1.00. The standard InChI is InChI=1S/C13H27N3O3S/c1-2-14-10-12-6-3-4-8-16(12)20(17,18)15-11-13-7-5-9-19-13/h12-15H,2-11H2,1H3. The minimum absolute atomic E-state index is 0.0433. The summed E-state index contributed by atoms with van der Waals surface area (Å²) < 4.78 is 34.7.